The highest BCUT2D eigenvalue weighted by Gasteiger charge is 2.23. The van der Waals surface area contributed by atoms with Gasteiger partial charge in [-0.2, -0.15) is 0 Å². The second-order valence-corrected chi connectivity index (χ2v) is 4.65. The first-order chi connectivity index (χ1) is 7.26. The summed E-state index contributed by atoms with van der Waals surface area (Å²) in [6.45, 7) is 5.31. The first kappa shape index (κ1) is 12.7. The normalized spacial score (nSPS) is 23.3. The maximum absolute atomic E-state index is 11.1. The minimum absolute atomic E-state index is 0.230. The quantitative estimate of drug-likeness (QED) is 0.647. The van der Waals surface area contributed by atoms with Crippen LogP contribution in [-0.2, 0) is 9.53 Å². The number of hydrogen-bond acceptors (Lipinski definition) is 2. The first-order valence-corrected chi connectivity index (χ1v) is 6.39. The van der Waals surface area contributed by atoms with Crippen LogP contribution in [0.4, 0.5) is 0 Å². The second kappa shape index (κ2) is 7.00. The van der Waals surface area contributed by atoms with E-state index in [0.29, 0.717) is 18.1 Å². The van der Waals surface area contributed by atoms with Crippen LogP contribution < -0.4 is 0 Å². The summed E-state index contributed by atoms with van der Waals surface area (Å²) in [5.41, 5.74) is 0. The molecule has 1 rings (SSSR count). The van der Waals surface area contributed by atoms with Crippen LogP contribution in [0.5, 0.6) is 0 Å². The number of carbonyl (C=O) groups is 1. The molecule has 1 aliphatic carbocycles. The Morgan fingerprint density at radius 2 is 2.27 bits per heavy atom. The van der Waals surface area contributed by atoms with Crippen molar-refractivity contribution in [3.8, 4) is 0 Å². The molecule has 0 bridgehead atoms. The highest BCUT2D eigenvalue weighted by molar-refractivity contribution is 5.81. The van der Waals surface area contributed by atoms with Gasteiger partial charge in [0, 0.05) is 19.4 Å². The van der Waals surface area contributed by atoms with E-state index in [-0.39, 0.29) is 6.10 Å². The highest BCUT2D eigenvalue weighted by atomic mass is 16.5. The largest absolute Gasteiger partial charge is 0.377 e. The molecule has 0 radical (unpaired) electrons. The molecule has 15 heavy (non-hydrogen) atoms. The van der Waals surface area contributed by atoms with Crippen LogP contribution in [0, 0.1) is 5.92 Å². The van der Waals surface area contributed by atoms with E-state index in [9.17, 15) is 4.79 Å². The molecular formula is C13H24O2. The number of Topliss-reactive ketones (excluding diaryl/α,β-unsaturated/α-hetero) is 1. The van der Waals surface area contributed by atoms with Crippen LogP contribution >= 0.6 is 0 Å². The van der Waals surface area contributed by atoms with Crippen LogP contribution in [-0.4, -0.2) is 18.5 Å². The number of hydrogen-bond donors (Lipinski definition) is 0. The molecule has 88 valence electrons. The van der Waals surface area contributed by atoms with Gasteiger partial charge in [0.15, 0.2) is 0 Å². The fourth-order valence-corrected chi connectivity index (χ4v) is 2.09. The molecule has 2 nitrogen and oxygen atoms in total. The number of carbonyl (C=O) groups excluding carboxylic acids is 1. The van der Waals surface area contributed by atoms with Gasteiger partial charge in [0.25, 0.3) is 0 Å². The third-order valence-electron chi connectivity index (χ3n) is 3.31. The van der Waals surface area contributed by atoms with E-state index in [1.807, 2.05) is 0 Å². The lowest BCUT2D eigenvalue weighted by atomic mass is 10.0. The van der Waals surface area contributed by atoms with Crippen molar-refractivity contribution >= 4 is 5.78 Å². The van der Waals surface area contributed by atoms with E-state index in [0.717, 1.165) is 19.4 Å². The SMILES string of the molecule is CCCCC(CC)COC1CCC(=O)C1. The predicted molar refractivity (Wildman–Crippen MR) is 61.9 cm³/mol. The van der Waals surface area contributed by atoms with E-state index in [1.54, 1.807) is 0 Å². The molecule has 0 aromatic rings. The Labute approximate surface area is 93.4 Å². The van der Waals surface area contributed by atoms with Crippen LogP contribution in [0.1, 0.15) is 58.8 Å². The van der Waals surface area contributed by atoms with Gasteiger partial charge in [-0.05, 0) is 18.8 Å². The molecule has 0 aliphatic heterocycles. The van der Waals surface area contributed by atoms with Crippen LogP contribution in [0.2, 0.25) is 0 Å². The van der Waals surface area contributed by atoms with Crippen molar-refractivity contribution in [3.05, 3.63) is 0 Å². The van der Waals surface area contributed by atoms with Crippen molar-refractivity contribution in [2.75, 3.05) is 6.61 Å². The fraction of sp³-hybridized carbons (Fsp3) is 0.923. The van der Waals surface area contributed by atoms with Crippen molar-refractivity contribution in [2.24, 2.45) is 5.92 Å². The molecule has 2 unspecified atom stereocenters. The van der Waals surface area contributed by atoms with Crippen LogP contribution in [0.25, 0.3) is 0 Å². The van der Waals surface area contributed by atoms with E-state index >= 15 is 0 Å². The first-order valence-electron chi connectivity index (χ1n) is 6.39. The Balaban J connectivity index is 2.13. The molecule has 0 heterocycles. The lowest BCUT2D eigenvalue weighted by Crippen LogP contribution is -2.16. The fourth-order valence-electron chi connectivity index (χ4n) is 2.09. The smallest absolute Gasteiger partial charge is 0.135 e. The maximum Gasteiger partial charge on any atom is 0.135 e. The Morgan fingerprint density at radius 3 is 2.80 bits per heavy atom. The molecule has 1 fully saturated rings. The van der Waals surface area contributed by atoms with Gasteiger partial charge in [-0.25, -0.2) is 0 Å². The zero-order valence-electron chi connectivity index (χ0n) is 10.1. The average molecular weight is 212 g/mol. The van der Waals surface area contributed by atoms with Gasteiger partial charge >= 0.3 is 0 Å². The predicted octanol–water partition coefficient (Wildman–Crippen LogP) is 3.34. The van der Waals surface area contributed by atoms with E-state index in [4.69, 9.17) is 4.74 Å². The van der Waals surface area contributed by atoms with E-state index in [2.05, 4.69) is 13.8 Å². The molecule has 0 aromatic carbocycles. The highest BCUT2D eigenvalue weighted by Crippen LogP contribution is 2.20. The summed E-state index contributed by atoms with van der Waals surface area (Å²) in [5.74, 6) is 1.07. The molecule has 0 saturated heterocycles. The minimum atomic E-state index is 0.230. The zero-order chi connectivity index (χ0) is 11.1. The van der Waals surface area contributed by atoms with Crippen molar-refractivity contribution in [1.82, 2.24) is 0 Å². The molecule has 0 amide bonds. The van der Waals surface area contributed by atoms with Gasteiger partial charge in [-0.3, -0.25) is 4.79 Å². The van der Waals surface area contributed by atoms with Crippen LogP contribution in [0.3, 0.4) is 0 Å². The van der Waals surface area contributed by atoms with Crippen molar-refractivity contribution < 1.29 is 9.53 Å². The monoisotopic (exact) mass is 212 g/mol. The number of ether oxygens (including phenoxy) is 1. The average Bonchev–Trinajstić information content (AvgIpc) is 2.65. The lowest BCUT2D eigenvalue weighted by Gasteiger charge is -2.17. The van der Waals surface area contributed by atoms with Crippen molar-refractivity contribution in [1.29, 1.82) is 0 Å². The van der Waals surface area contributed by atoms with Gasteiger partial charge in [0.2, 0.25) is 0 Å². The lowest BCUT2D eigenvalue weighted by molar-refractivity contribution is -0.118. The minimum Gasteiger partial charge on any atom is -0.377 e. The molecule has 2 heteroatoms. The molecule has 0 spiro atoms. The standard InChI is InChI=1S/C13H24O2/c1-3-5-6-11(4-2)10-15-13-8-7-12(14)9-13/h11,13H,3-10H2,1-2H3. The Morgan fingerprint density at radius 1 is 1.47 bits per heavy atom. The van der Waals surface area contributed by atoms with Crippen molar-refractivity contribution in [2.45, 2.75) is 64.9 Å². The van der Waals surface area contributed by atoms with Crippen LogP contribution in [0.15, 0.2) is 0 Å². The Bertz CT molecular complexity index is 189. The van der Waals surface area contributed by atoms with Gasteiger partial charge in [0.05, 0.1) is 6.10 Å². The summed E-state index contributed by atoms with van der Waals surface area (Å²) in [6, 6.07) is 0. The second-order valence-electron chi connectivity index (χ2n) is 4.65. The summed E-state index contributed by atoms with van der Waals surface area (Å²) in [6.07, 6.45) is 7.59. The van der Waals surface area contributed by atoms with E-state index in [1.165, 1.54) is 25.7 Å². The Kier molecular flexibility index (Phi) is 5.92. The van der Waals surface area contributed by atoms with Gasteiger partial charge < -0.3 is 4.74 Å². The summed E-state index contributed by atoms with van der Waals surface area (Å²) in [5, 5.41) is 0. The molecule has 0 N–H and O–H groups in total. The third kappa shape index (κ3) is 4.78. The van der Waals surface area contributed by atoms with Gasteiger partial charge in [-0.15, -0.1) is 0 Å². The van der Waals surface area contributed by atoms with Gasteiger partial charge in [0.1, 0.15) is 5.78 Å². The van der Waals surface area contributed by atoms with E-state index < -0.39 is 0 Å². The summed E-state index contributed by atoms with van der Waals surface area (Å²) >= 11 is 0. The summed E-state index contributed by atoms with van der Waals surface area (Å²) in [4.78, 5) is 11.1. The molecule has 1 aliphatic rings. The number of ketones is 1. The summed E-state index contributed by atoms with van der Waals surface area (Å²) < 4.78 is 5.80. The zero-order valence-corrected chi connectivity index (χ0v) is 10.1. The maximum atomic E-state index is 11.1. The summed E-state index contributed by atoms with van der Waals surface area (Å²) in [7, 11) is 0. The number of unbranched alkanes of at least 4 members (excludes halogenated alkanes) is 1. The number of rotatable bonds is 7. The van der Waals surface area contributed by atoms with Crippen molar-refractivity contribution in [3.63, 3.8) is 0 Å². The molecular weight excluding hydrogens is 188 g/mol. The Hall–Kier alpha value is -0.370. The molecule has 2 atom stereocenters. The van der Waals surface area contributed by atoms with Gasteiger partial charge in [-0.1, -0.05) is 33.1 Å². The third-order valence-corrected chi connectivity index (χ3v) is 3.31. The molecule has 1 saturated carbocycles. The topological polar surface area (TPSA) is 26.3 Å². The molecule has 0 aromatic heterocycles.